The molecular formula is C24H20BrNO4. The highest BCUT2D eigenvalue weighted by atomic mass is 79.9. The van der Waals surface area contributed by atoms with E-state index >= 15 is 0 Å². The zero-order valence-corrected chi connectivity index (χ0v) is 17.7. The quantitative estimate of drug-likeness (QED) is 0.571. The van der Waals surface area contributed by atoms with Gasteiger partial charge in [-0.25, -0.2) is 4.79 Å². The number of carbonyl (C=O) groups excluding carboxylic acids is 1. The summed E-state index contributed by atoms with van der Waals surface area (Å²) >= 11 is 3.29. The topological polar surface area (TPSA) is 67.8 Å². The first-order chi connectivity index (χ1) is 14.6. The van der Waals surface area contributed by atoms with E-state index in [9.17, 15) is 9.90 Å². The Labute approximate surface area is 182 Å². The molecule has 0 bridgehead atoms. The number of aromatic hydroxyl groups is 1. The number of halogens is 1. The van der Waals surface area contributed by atoms with E-state index in [1.807, 2.05) is 24.3 Å². The van der Waals surface area contributed by atoms with Gasteiger partial charge in [0.05, 0.1) is 10.5 Å². The minimum absolute atomic E-state index is 0.0285. The summed E-state index contributed by atoms with van der Waals surface area (Å²) < 4.78 is 11.9. The summed E-state index contributed by atoms with van der Waals surface area (Å²) in [5.74, 6) is 0.894. The molecule has 2 N–H and O–H groups in total. The molecular weight excluding hydrogens is 446 g/mol. The number of amides is 1. The van der Waals surface area contributed by atoms with E-state index in [0.717, 1.165) is 5.56 Å². The molecule has 5 nitrogen and oxygen atoms in total. The number of alkyl carbamates (subject to hydrolysis) is 1. The summed E-state index contributed by atoms with van der Waals surface area (Å²) in [5, 5.41) is 12.8. The number of phenols is 1. The van der Waals surface area contributed by atoms with E-state index in [1.54, 1.807) is 12.1 Å². The van der Waals surface area contributed by atoms with Crippen molar-refractivity contribution < 1.29 is 19.4 Å². The molecule has 0 fully saturated rings. The second-order valence-electron chi connectivity index (χ2n) is 7.59. The number of ether oxygens (including phenoxy) is 2. The van der Waals surface area contributed by atoms with Crippen molar-refractivity contribution in [3.05, 3.63) is 81.8 Å². The van der Waals surface area contributed by atoms with Crippen LogP contribution in [0.2, 0.25) is 0 Å². The van der Waals surface area contributed by atoms with Gasteiger partial charge in [0.2, 0.25) is 0 Å². The molecule has 1 aliphatic heterocycles. The average Bonchev–Trinajstić information content (AvgIpc) is 3.07. The van der Waals surface area contributed by atoms with Crippen molar-refractivity contribution in [3.8, 4) is 22.6 Å². The number of rotatable bonds is 3. The first-order valence-corrected chi connectivity index (χ1v) is 10.6. The Morgan fingerprint density at radius 2 is 1.77 bits per heavy atom. The highest BCUT2D eigenvalue weighted by Crippen LogP contribution is 2.44. The number of nitrogens with one attached hydrogen (secondary N) is 1. The van der Waals surface area contributed by atoms with Crippen LogP contribution in [0.5, 0.6) is 11.5 Å². The van der Waals surface area contributed by atoms with Crippen LogP contribution >= 0.6 is 15.9 Å². The molecule has 0 spiro atoms. The Morgan fingerprint density at radius 1 is 1.10 bits per heavy atom. The van der Waals surface area contributed by atoms with Crippen molar-refractivity contribution in [2.45, 2.75) is 18.4 Å². The van der Waals surface area contributed by atoms with Gasteiger partial charge in [-0.2, -0.15) is 0 Å². The zero-order chi connectivity index (χ0) is 20.7. The van der Waals surface area contributed by atoms with E-state index in [1.165, 1.54) is 22.3 Å². The Morgan fingerprint density at radius 3 is 2.47 bits per heavy atom. The third-order valence-electron chi connectivity index (χ3n) is 5.70. The van der Waals surface area contributed by atoms with Gasteiger partial charge in [-0.3, -0.25) is 0 Å². The van der Waals surface area contributed by atoms with Crippen LogP contribution in [0.4, 0.5) is 4.79 Å². The number of hydrogen-bond acceptors (Lipinski definition) is 4. The summed E-state index contributed by atoms with van der Waals surface area (Å²) in [4.78, 5) is 12.5. The van der Waals surface area contributed by atoms with Crippen molar-refractivity contribution in [3.63, 3.8) is 0 Å². The monoisotopic (exact) mass is 465 g/mol. The highest BCUT2D eigenvalue weighted by molar-refractivity contribution is 9.10. The molecule has 1 heterocycles. The Bertz CT molecular complexity index is 1080. The Kier molecular flexibility index (Phi) is 4.87. The van der Waals surface area contributed by atoms with Gasteiger partial charge in [-0.1, -0.05) is 48.5 Å². The first kappa shape index (κ1) is 19.0. The predicted molar refractivity (Wildman–Crippen MR) is 117 cm³/mol. The van der Waals surface area contributed by atoms with Gasteiger partial charge in [-0.05, 0) is 56.7 Å². The molecule has 0 aromatic heterocycles. The third kappa shape index (κ3) is 3.41. The number of benzene rings is 3. The number of carbonyl (C=O) groups is 1. The van der Waals surface area contributed by atoms with E-state index in [4.69, 9.17) is 9.47 Å². The molecule has 1 atom stereocenters. The maximum Gasteiger partial charge on any atom is 0.407 e. The number of phenolic OH excluding ortho intramolecular Hbond substituents is 1. The maximum atomic E-state index is 12.5. The van der Waals surface area contributed by atoms with Gasteiger partial charge in [0.15, 0.2) is 0 Å². The molecule has 3 aromatic rings. The summed E-state index contributed by atoms with van der Waals surface area (Å²) in [6.45, 7) is 0.631. The van der Waals surface area contributed by atoms with Crippen LogP contribution in [0.3, 0.4) is 0 Å². The van der Waals surface area contributed by atoms with Crippen LogP contribution in [0, 0.1) is 0 Å². The SMILES string of the molecule is O=C(NC1COc2cc(Br)c(O)cc2C1)OCC1c2ccccc2-c2ccccc21. The molecule has 2 aliphatic rings. The molecule has 0 radical (unpaired) electrons. The van der Waals surface area contributed by atoms with Crippen LogP contribution in [-0.4, -0.2) is 30.5 Å². The Balaban J connectivity index is 1.25. The fourth-order valence-corrected chi connectivity index (χ4v) is 4.62. The lowest BCUT2D eigenvalue weighted by atomic mass is 9.98. The van der Waals surface area contributed by atoms with Crippen LogP contribution in [-0.2, 0) is 11.2 Å². The molecule has 152 valence electrons. The van der Waals surface area contributed by atoms with E-state index in [2.05, 4.69) is 45.5 Å². The van der Waals surface area contributed by atoms with Gasteiger partial charge >= 0.3 is 6.09 Å². The van der Waals surface area contributed by atoms with Crippen LogP contribution in [0.1, 0.15) is 22.6 Å². The van der Waals surface area contributed by atoms with Gasteiger partial charge < -0.3 is 19.9 Å². The van der Waals surface area contributed by atoms with Crippen molar-refractivity contribution in [2.75, 3.05) is 13.2 Å². The molecule has 30 heavy (non-hydrogen) atoms. The predicted octanol–water partition coefficient (Wildman–Crippen LogP) is 5.00. The average molecular weight is 466 g/mol. The first-order valence-electron chi connectivity index (χ1n) is 9.86. The van der Waals surface area contributed by atoms with E-state index < -0.39 is 6.09 Å². The van der Waals surface area contributed by atoms with Gasteiger partial charge in [0.25, 0.3) is 0 Å². The zero-order valence-electron chi connectivity index (χ0n) is 16.1. The van der Waals surface area contributed by atoms with Gasteiger partial charge in [0, 0.05) is 11.5 Å². The van der Waals surface area contributed by atoms with Crippen LogP contribution < -0.4 is 10.1 Å². The van der Waals surface area contributed by atoms with Crippen molar-refractivity contribution in [2.24, 2.45) is 0 Å². The highest BCUT2D eigenvalue weighted by Gasteiger charge is 2.29. The second-order valence-corrected chi connectivity index (χ2v) is 8.45. The summed E-state index contributed by atoms with van der Waals surface area (Å²) in [5.41, 5.74) is 5.62. The van der Waals surface area contributed by atoms with Crippen LogP contribution in [0.25, 0.3) is 11.1 Å². The second kappa shape index (κ2) is 7.69. The number of fused-ring (bicyclic) bond motifs is 4. The van der Waals surface area contributed by atoms with Crippen molar-refractivity contribution >= 4 is 22.0 Å². The van der Waals surface area contributed by atoms with Crippen molar-refractivity contribution in [1.29, 1.82) is 0 Å². The van der Waals surface area contributed by atoms with E-state index in [0.29, 0.717) is 23.2 Å². The Hall–Kier alpha value is -2.99. The third-order valence-corrected chi connectivity index (χ3v) is 6.34. The normalized spacial score (nSPS) is 16.8. The lowest BCUT2D eigenvalue weighted by Gasteiger charge is -2.26. The molecule has 1 aliphatic carbocycles. The number of hydrogen-bond donors (Lipinski definition) is 2. The van der Waals surface area contributed by atoms with Gasteiger partial charge in [-0.15, -0.1) is 0 Å². The largest absolute Gasteiger partial charge is 0.507 e. The summed E-state index contributed by atoms with van der Waals surface area (Å²) in [6, 6.07) is 19.7. The molecule has 6 heteroatoms. The smallest absolute Gasteiger partial charge is 0.407 e. The molecule has 1 unspecified atom stereocenters. The lowest BCUT2D eigenvalue weighted by molar-refractivity contribution is 0.132. The summed E-state index contributed by atoms with van der Waals surface area (Å²) in [7, 11) is 0. The molecule has 5 rings (SSSR count). The minimum atomic E-state index is -0.463. The molecule has 0 saturated heterocycles. The van der Waals surface area contributed by atoms with Crippen molar-refractivity contribution in [1.82, 2.24) is 5.32 Å². The fourth-order valence-electron chi connectivity index (χ4n) is 4.29. The molecule has 0 saturated carbocycles. The minimum Gasteiger partial charge on any atom is -0.507 e. The lowest BCUT2D eigenvalue weighted by Crippen LogP contribution is -2.43. The fraction of sp³-hybridized carbons (Fsp3) is 0.208. The van der Waals surface area contributed by atoms with Crippen LogP contribution in [0.15, 0.2) is 65.1 Å². The standard InChI is InChI=1S/C24H20BrNO4/c25-21-11-23-14(10-22(21)27)9-15(12-29-23)26-24(28)30-13-20-18-7-3-1-5-16(18)17-6-2-4-8-19(17)20/h1-8,10-11,15,20,27H,9,12-13H2,(H,26,28). The maximum absolute atomic E-state index is 12.5. The summed E-state index contributed by atoms with van der Waals surface area (Å²) in [6.07, 6.45) is 0.107. The molecule has 1 amide bonds. The van der Waals surface area contributed by atoms with E-state index in [-0.39, 0.29) is 24.3 Å². The molecule has 3 aromatic carbocycles. The van der Waals surface area contributed by atoms with Gasteiger partial charge in [0.1, 0.15) is 24.7 Å².